The van der Waals surface area contributed by atoms with E-state index in [2.05, 4.69) is 39.0 Å². The number of hydrogen-bond acceptors (Lipinski definition) is 7. The van der Waals surface area contributed by atoms with Crippen molar-refractivity contribution in [3.05, 3.63) is 107 Å². The van der Waals surface area contributed by atoms with E-state index in [1.165, 1.54) is 12.3 Å². The highest BCUT2D eigenvalue weighted by atomic mass is 16.3. The van der Waals surface area contributed by atoms with Crippen LogP contribution in [0.25, 0.3) is 11.3 Å². The molecule has 0 aliphatic heterocycles. The van der Waals surface area contributed by atoms with Crippen molar-refractivity contribution in [1.82, 2.24) is 25.0 Å². The third kappa shape index (κ3) is 11.5. The Hall–Kier alpha value is -4.89. The van der Waals surface area contributed by atoms with E-state index in [-0.39, 0.29) is 11.9 Å². The summed E-state index contributed by atoms with van der Waals surface area (Å²) in [6.45, 7) is 5.88. The molecule has 8 heteroatoms. The van der Waals surface area contributed by atoms with E-state index in [0.717, 1.165) is 48.1 Å². The van der Waals surface area contributed by atoms with Crippen LogP contribution in [0.2, 0.25) is 0 Å². The van der Waals surface area contributed by atoms with Gasteiger partial charge < -0.3 is 10.2 Å². The lowest BCUT2D eigenvalue weighted by atomic mass is 10.0. The Labute approximate surface area is 254 Å². The maximum Gasteiger partial charge on any atom is 0.203 e. The summed E-state index contributed by atoms with van der Waals surface area (Å²) in [5, 5.41) is 27.3. The van der Waals surface area contributed by atoms with Crippen LogP contribution in [0.1, 0.15) is 91.5 Å². The van der Waals surface area contributed by atoms with Gasteiger partial charge in [-0.15, -0.1) is 17.9 Å². The molecular weight excluding hydrogens is 538 g/mol. The lowest BCUT2D eigenvalue weighted by Crippen LogP contribution is -1.99. The minimum atomic E-state index is -0.476. The van der Waals surface area contributed by atoms with Crippen LogP contribution < -0.4 is 0 Å². The minimum absolute atomic E-state index is 0.105. The fraction of sp³-hybridized carbons (Fsp3) is 0.286. The van der Waals surface area contributed by atoms with Crippen molar-refractivity contribution >= 4 is 5.78 Å². The van der Waals surface area contributed by atoms with Gasteiger partial charge in [0.05, 0.1) is 24.1 Å². The standard InChI is InChI=1S/C12H16N4O.C12H14O.C11H9NO/c1-3-4-12(17)10-6-5-9(7-13-10)11-8-16(2)15-14-11;1-3-5-12(13)11-8-6-10(4-2)7-9-11;1-3-5-11(13)10-7-6-9(4-2)8-12-10/h5-8,12,17H,3-4H2,1-2H3;2,6-9,12-13H,3,5H2,1H3;2-3,5-8H,1H3/b;;5-3+. The summed E-state index contributed by atoms with van der Waals surface area (Å²) in [4.78, 5) is 19.4. The normalized spacial score (nSPS) is 11.6. The molecule has 0 bridgehead atoms. The summed E-state index contributed by atoms with van der Waals surface area (Å²) in [7, 11) is 1.82. The zero-order valence-corrected chi connectivity index (χ0v) is 25.2. The van der Waals surface area contributed by atoms with Gasteiger partial charge >= 0.3 is 0 Å². The number of hydrogen-bond donors (Lipinski definition) is 2. The Morgan fingerprint density at radius 1 is 0.907 bits per heavy atom. The molecule has 2 N–H and O–H groups in total. The number of terminal acetylenes is 2. The van der Waals surface area contributed by atoms with Crippen LogP contribution in [0.15, 0.2) is 79.3 Å². The number of allylic oxidation sites excluding steroid dienone is 2. The topological polar surface area (TPSA) is 114 Å². The molecule has 0 aliphatic carbocycles. The highest BCUT2D eigenvalue weighted by Gasteiger charge is 2.09. The quantitative estimate of drug-likeness (QED) is 0.142. The van der Waals surface area contributed by atoms with E-state index >= 15 is 0 Å². The second-order valence-corrected chi connectivity index (χ2v) is 9.57. The fourth-order valence-corrected chi connectivity index (χ4v) is 3.76. The van der Waals surface area contributed by atoms with E-state index in [1.807, 2.05) is 56.6 Å². The first-order valence-electron chi connectivity index (χ1n) is 14.1. The van der Waals surface area contributed by atoms with Crippen molar-refractivity contribution in [2.45, 2.75) is 58.7 Å². The third-order valence-corrected chi connectivity index (χ3v) is 6.11. The molecule has 0 spiro atoms. The predicted molar refractivity (Wildman–Crippen MR) is 170 cm³/mol. The first-order chi connectivity index (χ1) is 20.8. The second kappa shape index (κ2) is 18.5. The summed E-state index contributed by atoms with van der Waals surface area (Å²) in [5.41, 5.74) is 5.30. The molecule has 0 fully saturated rings. The first kappa shape index (κ1) is 34.3. The number of aliphatic hydroxyl groups is 2. The van der Waals surface area contributed by atoms with E-state index in [4.69, 9.17) is 12.8 Å². The van der Waals surface area contributed by atoms with Gasteiger partial charge in [0.2, 0.25) is 5.78 Å². The molecule has 0 saturated heterocycles. The lowest BCUT2D eigenvalue weighted by Gasteiger charge is -2.08. The van der Waals surface area contributed by atoms with Gasteiger partial charge in [-0.1, -0.05) is 62.0 Å². The van der Waals surface area contributed by atoms with E-state index in [0.29, 0.717) is 17.0 Å². The third-order valence-electron chi connectivity index (χ3n) is 6.11. The number of carbonyl (C=O) groups excluding carboxylic acids is 1. The van der Waals surface area contributed by atoms with Gasteiger partial charge in [-0.3, -0.25) is 19.4 Å². The summed E-state index contributed by atoms with van der Waals surface area (Å²) < 4.78 is 1.65. The molecule has 4 rings (SSSR count). The fourth-order valence-electron chi connectivity index (χ4n) is 3.76. The molecule has 0 aliphatic rings. The van der Waals surface area contributed by atoms with Gasteiger partial charge in [-0.05, 0) is 67.8 Å². The van der Waals surface area contributed by atoms with Crippen LogP contribution in [0, 0.1) is 24.7 Å². The number of aryl methyl sites for hydroxylation is 1. The van der Waals surface area contributed by atoms with Crippen molar-refractivity contribution in [3.8, 4) is 35.9 Å². The van der Waals surface area contributed by atoms with Crippen LogP contribution in [0.5, 0.6) is 0 Å². The summed E-state index contributed by atoms with van der Waals surface area (Å²) in [5.74, 6) is 4.87. The molecule has 3 heterocycles. The molecule has 2 atom stereocenters. The number of aromatic nitrogens is 5. The van der Waals surface area contributed by atoms with E-state index in [1.54, 1.807) is 36.0 Å². The van der Waals surface area contributed by atoms with Crippen molar-refractivity contribution in [1.29, 1.82) is 0 Å². The first-order valence-corrected chi connectivity index (χ1v) is 14.1. The molecule has 0 saturated carbocycles. The lowest BCUT2D eigenvalue weighted by molar-refractivity contribution is 0.104. The molecule has 0 amide bonds. The number of pyridine rings is 2. The van der Waals surface area contributed by atoms with Gasteiger partial charge in [-0.25, -0.2) is 0 Å². The molecule has 2 unspecified atom stereocenters. The predicted octanol–water partition coefficient (Wildman–Crippen LogP) is 6.03. The Morgan fingerprint density at radius 3 is 2.05 bits per heavy atom. The van der Waals surface area contributed by atoms with Gasteiger partial charge in [0, 0.05) is 36.1 Å². The van der Waals surface area contributed by atoms with E-state index < -0.39 is 6.10 Å². The average molecular weight is 578 g/mol. The number of aliphatic hydroxyl groups excluding tert-OH is 2. The van der Waals surface area contributed by atoms with Crippen LogP contribution in [0.4, 0.5) is 0 Å². The van der Waals surface area contributed by atoms with Gasteiger partial charge in [0.1, 0.15) is 11.4 Å². The molecule has 222 valence electrons. The van der Waals surface area contributed by atoms with Crippen LogP contribution in [0.3, 0.4) is 0 Å². The Kier molecular flexibility index (Phi) is 14.8. The van der Waals surface area contributed by atoms with Crippen molar-refractivity contribution in [2.75, 3.05) is 0 Å². The van der Waals surface area contributed by atoms with Crippen molar-refractivity contribution in [3.63, 3.8) is 0 Å². The van der Waals surface area contributed by atoms with Gasteiger partial charge in [0.15, 0.2) is 0 Å². The number of ketones is 1. The molecule has 0 radical (unpaired) electrons. The minimum Gasteiger partial charge on any atom is -0.388 e. The number of carbonyl (C=O) groups is 1. The maximum absolute atomic E-state index is 11.2. The Bertz CT molecular complexity index is 1510. The highest BCUT2D eigenvalue weighted by Crippen LogP contribution is 2.20. The summed E-state index contributed by atoms with van der Waals surface area (Å²) in [6, 6.07) is 14.5. The summed E-state index contributed by atoms with van der Waals surface area (Å²) in [6.07, 6.45) is 21.2. The molecule has 3 aromatic heterocycles. The molecule has 43 heavy (non-hydrogen) atoms. The second-order valence-electron chi connectivity index (χ2n) is 9.57. The zero-order chi connectivity index (χ0) is 31.6. The van der Waals surface area contributed by atoms with Crippen LogP contribution in [-0.4, -0.2) is 41.0 Å². The van der Waals surface area contributed by atoms with Crippen molar-refractivity contribution < 1.29 is 15.0 Å². The van der Waals surface area contributed by atoms with Gasteiger partial charge in [0.25, 0.3) is 0 Å². The molecule has 4 aromatic rings. The monoisotopic (exact) mass is 577 g/mol. The van der Waals surface area contributed by atoms with Crippen LogP contribution in [-0.2, 0) is 7.05 Å². The van der Waals surface area contributed by atoms with Crippen molar-refractivity contribution in [2.24, 2.45) is 7.05 Å². The maximum atomic E-state index is 11.2. The average Bonchev–Trinajstić information content (AvgIpc) is 3.48. The van der Waals surface area contributed by atoms with Crippen LogP contribution >= 0.6 is 0 Å². The zero-order valence-electron chi connectivity index (χ0n) is 25.2. The summed E-state index contributed by atoms with van der Waals surface area (Å²) >= 11 is 0. The van der Waals surface area contributed by atoms with E-state index in [9.17, 15) is 15.0 Å². The highest BCUT2D eigenvalue weighted by molar-refractivity contribution is 6.02. The SMILES string of the molecule is C#Cc1ccc(C(=O)/C=C/C)nc1.C#Cc1ccc(C(O)CCC)cc1.CCCC(O)c1ccc(-c2cn(C)nn2)cn1. The number of benzene rings is 1. The van der Waals surface area contributed by atoms with Gasteiger partial charge in [-0.2, -0.15) is 0 Å². The molecule has 8 nitrogen and oxygen atoms in total. The molecule has 1 aromatic carbocycles. The Morgan fingerprint density at radius 2 is 1.56 bits per heavy atom. The number of rotatable bonds is 9. The number of nitrogens with zero attached hydrogens (tertiary/aromatic N) is 5. The smallest absolute Gasteiger partial charge is 0.203 e. The Balaban J connectivity index is 0.000000229. The molecular formula is C35H39N5O3. The largest absolute Gasteiger partial charge is 0.388 e.